The molecule has 2 rings (SSSR count). The van der Waals surface area contributed by atoms with E-state index in [4.69, 9.17) is 0 Å². The highest BCUT2D eigenvalue weighted by Crippen LogP contribution is 2.24. The Bertz CT molecular complexity index is 319. The van der Waals surface area contributed by atoms with E-state index in [-0.39, 0.29) is 0 Å². The van der Waals surface area contributed by atoms with Gasteiger partial charge in [-0.15, -0.1) is 0 Å². The number of hydrogen-bond donors (Lipinski definition) is 1. The molecule has 1 aliphatic carbocycles. The lowest BCUT2D eigenvalue weighted by Crippen LogP contribution is -2.32. The maximum absolute atomic E-state index is 3.66. The van der Waals surface area contributed by atoms with E-state index >= 15 is 0 Å². The van der Waals surface area contributed by atoms with E-state index in [1.165, 1.54) is 18.4 Å². The van der Waals surface area contributed by atoms with Crippen molar-refractivity contribution in [3.63, 3.8) is 0 Å². The van der Waals surface area contributed by atoms with Crippen molar-refractivity contribution in [1.29, 1.82) is 0 Å². The number of benzene rings is 1. The summed E-state index contributed by atoms with van der Waals surface area (Å²) in [4.78, 5) is 2.48. The highest BCUT2D eigenvalue weighted by atomic mass is 15.2. The summed E-state index contributed by atoms with van der Waals surface area (Å²) in [6.45, 7) is 4.49. The first-order chi connectivity index (χ1) is 8.31. The lowest BCUT2D eigenvalue weighted by Gasteiger charge is -2.21. The van der Waals surface area contributed by atoms with Crippen LogP contribution in [0.3, 0.4) is 0 Å². The van der Waals surface area contributed by atoms with Gasteiger partial charge < -0.3 is 10.2 Å². The number of likely N-dealkylation sites (N-methyl/N-ethyl adjacent to an activating group) is 1. The van der Waals surface area contributed by atoms with Crippen molar-refractivity contribution in [3.05, 3.63) is 35.9 Å². The van der Waals surface area contributed by atoms with Crippen LogP contribution in [0.15, 0.2) is 30.3 Å². The van der Waals surface area contributed by atoms with Crippen LogP contribution < -0.4 is 5.32 Å². The minimum atomic E-state index is 0.504. The summed E-state index contributed by atoms with van der Waals surface area (Å²) < 4.78 is 0. The molecule has 1 fully saturated rings. The molecule has 94 valence electrons. The summed E-state index contributed by atoms with van der Waals surface area (Å²) in [5, 5.41) is 3.66. The van der Waals surface area contributed by atoms with Crippen LogP contribution >= 0.6 is 0 Å². The van der Waals surface area contributed by atoms with Gasteiger partial charge in [0.1, 0.15) is 0 Å². The number of nitrogens with zero attached hydrogens (tertiary/aromatic N) is 1. The fourth-order valence-corrected chi connectivity index (χ4v) is 2.30. The van der Waals surface area contributed by atoms with Crippen molar-refractivity contribution in [2.75, 3.05) is 20.1 Å². The molecule has 1 unspecified atom stereocenters. The van der Waals surface area contributed by atoms with Crippen LogP contribution in [0, 0.1) is 0 Å². The van der Waals surface area contributed by atoms with E-state index in [9.17, 15) is 0 Å². The smallest absolute Gasteiger partial charge is 0.0318 e. The summed E-state index contributed by atoms with van der Waals surface area (Å²) in [5.74, 6) is 0. The van der Waals surface area contributed by atoms with Crippen LogP contribution in [0.2, 0.25) is 0 Å². The second kappa shape index (κ2) is 6.18. The molecule has 1 N–H and O–H groups in total. The fourth-order valence-electron chi connectivity index (χ4n) is 2.30. The quantitative estimate of drug-likeness (QED) is 0.777. The van der Waals surface area contributed by atoms with Crippen LogP contribution in [-0.2, 0) is 0 Å². The lowest BCUT2D eigenvalue weighted by molar-refractivity contribution is 0.313. The third-order valence-corrected chi connectivity index (χ3v) is 3.64. The molecule has 17 heavy (non-hydrogen) atoms. The van der Waals surface area contributed by atoms with Gasteiger partial charge in [-0.2, -0.15) is 0 Å². The minimum absolute atomic E-state index is 0.504. The summed E-state index contributed by atoms with van der Waals surface area (Å²) in [6.07, 6.45) is 3.94. The lowest BCUT2D eigenvalue weighted by atomic mass is 10.0. The molecule has 0 aromatic heterocycles. The predicted octanol–water partition coefficient (Wildman–Crippen LogP) is 2.82. The molecule has 0 bridgehead atoms. The van der Waals surface area contributed by atoms with Crippen LogP contribution in [0.1, 0.15) is 37.8 Å². The highest BCUT2D eigenvalue weighted by molar-refractivity contribution is 5.18. The third kappa shape index (κ3) is 3.83. The number of hydrogen-bond acceptors (Lipinski definition) is 2. The monoisotopic (exact) mass is 232 g/mol. The van der Waals surface area contributed by atoms with Crippen molar-refractivity contribution >= 4 is 0 Å². The summed E-state index contributed by atoms with van der Waals surface area (Å²) >= 11 is 0. The Hall–Kier alpha value is -0.860. The fraction of sp³-hybridized carbons (Fsp3) is 0.600. The van der Waals surface area contributed by atoms with Crippen LogP contribution in [-0.4, -0.2) is 31.1 Å². The molecule has 1 aromatic carbocycles. The van der Waals surface area contributed by atoms with Crippen LogP contribution in [0.4, 0.5) is 0 Å². The molecule has 0 amide bonds. The molecule has 0 spiro atoms. The van der Waals surface area contributed by atoms with Crippen molar-refractivity contribution in [2.45, 2.75) is 38.3 Å². The maximum atomic E-state index is 3.66. The molecule has 0 aliphatic heterocycles. The van der Waals surface area contributed by atoms with Gasteiger partial charge in [-0.3, -0.25) is 0 Å². The van der Waals surface area contributed by atoms with Crippen LogP contribution in [0.5, 0.6) is 0 Å². The zero-order chi connectivity index (χ0) is 12.1. The topological polar surface area (TPSA) is 15.3 Å². The highest BCUT2D eigenvalue weighted by Gasteiger charge is 2.25. The molecule has 1 aromatic rings. The van der Waals surface area contributed by atoms with E-state index in [2.05, 4.69) is 54.5 Å². The van der Waals surface area contributed by atoms with Gasteiger partial charge in [-0.1, -0.05) is 37.3 Å². The maximum Gasteiger partial charge on any atom is 0.0318 e. The molecule has 2 nitrogen and oxygen atoms in total. The molecule has 1 aliphatic rings. The second-order valence-corrected chi connectivity index (χ2v) is 5.04. The van der Waals surface area contributed by atoms with Gasteiger partial charge in [0.15, 0.2) is 0 Å². The predicted molar refractivity (Wildman–Crippen MR) is 73.1 cm³/mol. The standard InChI is InChI=1S/C15H24N2/c1-3-15(13-7-5-4-6-8-13)16-11-12-17(2)14-9-10-14/h4-8,14-16H,3,9-12H2,1-2H3. The van der Waals surface area contributed by atoms with Gasteiger partial charge in [0, 0.05) is 25.2 Å². The van der Waals surface area contributed by atoms with E-state index in [1.54, 1.807) is 0 Å². The summed E-state index contributed by atoms with van der Waals surface area (Å²) in [5.41, 5.74) is 1.41. The Kier molecular flexibility index (Phi) is 4.57. The van der Waals surface area contributed by atoms with Crippen molar-refractivity contribution in [3.8, 4) is 0 Å². The molecule has 2 heteroatoms. The summed E-state index contributed by atoms with van der Waals surface area (Å²) in [7, 11) is 2.24. The SMILES string of the molecule is CCC(NCCN(C)C1CC1)c1ccccc1. The first kappa shape index (κ1) is 12.6. The molecule has 0 heterocycles. The largest absolute Gasteiger partial charge is 0.309 e. The molecular weight excluding hydrogens is 208 g/mol. The minimum Gasteiger partial charge on any atom is -0.309 e. The number of rotatable bonds is 7. The normalized spacial score (nSPS) is 17.4. The van der Waals surface area contributed by atoms with Gasteiger partial charge in [-0.25, -0.2) is 0 Å². The van der Waals surface area contributed by atoms with Crippen LogP contribution in [0.25, 0.3) is 0 Å². The summed E-state index contributed by atoms with van der Waals surface area (Å²) in [6, 6.07) is 12.1. The van der Waals surface area contributed by atoms with Gasteiger partial charge in [0.2, 0.25) is 0 Å². The zero-order valence-corrected chi connectivity index (χ0v) is 11.0. The van der Waals surface area contributed by atoms with Crippen molar-refractivity contribution in [2.24, 2.45) is 0 Å². The Balaban J connectivity index is 1.75. The number of nitrogens with one attached hydrogen (secondary N) is 1. The van der Waals surface area contributed by atoms with Crippen molar-refractivity contribution in [1.82, 2.24) is 10.2 Å². The zero-order valence-electron chi connectivity index (χ0n) is 11.0. The Labute approximate surface area is 105 Å². The van der Waals surface area contributed by atoms with Gasteiger partial charge in [-0.05, 0) is 31.9 Å². The van der Waals surface area contributed by atoms with Gasteiger partial charge >= 0.3 is 0 Å². The van der Waals surface area contributed by atoms with Gasteiger partial charge in [0.05, 0.1) is 0 Å². The average Bonchev–Trinajstić information content (AvgIpc) is 3.20. The second-order valence-electron chi connectivity index (χ2n) is 5.04. The van der Waals surface area contributed by atoms with Crippen molar-refractivity contribution < 1.29 is 0 Å². The van der Waals surface area contributed by atoms with E-state index < -0.39 is 0 Å². The average molecular weight is 232 g/mol. The van der Waals surface area contributed by atoms with Gasteiger partial charge in [0.25, 0.3) is 0 Å². The Morgan fingerprint density at radius 3 is 2.59 bits per heavy atom. The third-order valence-electron chi connectivity index (χ3n) is 3.64. The Morgan fingerprint density at radius 2 is 2.00 bits per heavy atom. The van der Waals surface area contributed by atoms with E-state index in [0.29, 0.717) is 6.04 Å². The molecule has 1 atom stereocenters. The molecule has 0 saturated heterocycles. The van der Waals surface area contributed by atoms with E-state index in [0.717, 1.165) is 25.6 Å². The first-order valence-corrected chi connectivity index (χ1v) is 6.80. The molecular formula is C15H24N2. The molecule has 0 radical (unpaired) electrons. The van der Waals surface area contributed by atoms with E-state index in [1.807, 2.05) is 0 Å². The first-order valence-electron chi connectivity index (χ1n) is 6.80. The molecule has 1 saturated carbocycles. The Morgan fingerprint density at radius 1 is 1.29 bits per heavy atom.